The average molecular weight is 391 g/mol. The zero-order valence-electron chi connectivity index (χ0n) is 15.6. The Hall–Kier alpha value is -2.26. The number of H-pyrrole nitrogens is 1. The summed E-state index contributed by atoms with van der Waals surface area (Å²) in [4.78, 5) is 26.5. The van der Waals surface area contributed by atoms with Crippen LogP contribution in [-0.2, 0) is 16.1 Å². The number of thioether (sulfide) groups is 1. The third-order valence-corrected chi connectivity index (χ3v) is 5.42. The second kappa shape index (κ2) is 9.09. The molecule has 2 heterocycles. The number of hydrogen-bond donors (Lipinski definition) is 2. The summed E-state index contributed by atoms with van der Waals surface area (Å²) >= 11 is 1.27. The molecule has 0 saturated carbocycles. The van der Waals surface area contributed by atoms with Gasteiger partial charge in [-0.05, 0) is 37.6 Å². The van der Waals surface area contributed by atoms with Crippen molar-refractivity contribution in [1.82, 2.24) is 14.8 Å². The molecule has 0 radical (unpaired) electrons. The zero-order valence-corrected chi connectivity index (χ0v) is 16.4. The summed E-state index contributed by atoms with van der Waals surface area (Å²) < 4.78 is 6.93. The van der Waals surface area contributed by atoms with Crippen LogP contribution in [0.2, 0.25) is 0 Å². The largest absolute Gasteiger partial charge is 0.378 e. The maximum atomic E-state index is 12.5. The van der Waals surface area contributed by atoms with Crippen LogP contribution in [0.25, 0.3) is 0 Å². The van der Waals surface area contributed by atoms with Gasteiger partial charge >= 0.3 is 5.69 Å². The molecule has 1 atom stereocenters. The van der Waals surface area contributed by atoms with E-state index in [1.54, 1.807) is 11.5 Å². The first-order valence-electron chi connectivity index (χ1n) is 9.14. The number of amides is 1. The van der Waals surface area contributed by atoms with Crippen LogP contribution in [0.4, 0.5) is 11.4 Å². The molecule has 1 aromatic heterocycles. The fourth-order valence-corrected chi connectivity index (χ4v) is 3.73. The van der Waals surface area contributed by atoms with Crippen LogP contribution < -0.4 is 15.9 Å². The highest BCUT2D eigenvalue weighted by Crippen LogP contribution is 2.23. The van der Waals surface area contributed by atoms with Gasteiger partial charge in [-0.1, -0.05) is 18.7 Å². The van der Waals surface area contributed by atoms with Crippen molar-refractivity contribution in [3.63, 3.8) is 0 Å². The molecule has 1 aliphatic heterocycles. The van der Waals surface area contributed by atoms with Gasteiger partial charge in [-0.2, -0.15) is 0 Å². The zero-order chi connectivity index (χ0) is 19.2. The third kappa shape index (κ3) is 4.92. The van der Waals surface area contributed by atoms with Gasteiger partial charge in [-0.15, -0.1) is 5.10 Å². The van der Waals surface area contributed by atoms with Crippen molar-refractivity contribution in [2.45, 2.75) is 37.2 Å². The van der Waals surface area contributed by atoms with Gasteiger partial charge in [0.15, 0.2) is 5.16 Å². The molecule has 1 fully saturated rings. The minimum atomic E-state index is -0.380. The Bertz CT molecular complexity index is 811. The topological polar surface area (TPSA) is 92.2 Å². The number of hydrogen-bond acceptors (Lipinski definition) is 6. The number of benzene rings is 1. The standard InChI is InChI=1S/C18H25N5O3S/c1-3-8-23-17(25)20-21-18(23)27-13(2)16(24)19-14-4-6-15(7-5-14)22-9-11-26-12-10-22/h4-7,13H,3,8-12H2,1-2H3,(H,19,24)(H,20,25)/t13-/m1/s1. The first kappa shape index (κ1) is 19.5. The molecule has 146 valence electrons. The highest BCUT2D eigenvalue weighted by molar-refractivity contribution is 8.00. The molecule has 1 aliphatic rings. The number of nitrogens with one attached hydrogen (secondary N) is 2. The van der Waals surface area contributed by atoms with Crippen LogP contribution in [-0.4, -0.2) is 52.2 Å². The van der Waals surface area contributed by atoms with Crippen molar-refractivity contribution in [3.05, 3.63) is 34.7 Å². The van der Waals surface area contributed by atoms with E-state index in [4.69, 9.17) is 4.74 Å². The number of aromatic amines is 1. The van der Waals surface area contributed by atoms with E-state index in [0.717, 1.165) is 44.1 Å². The van der Waals surface area contributed by atoms with Crippen molar-refractivity contribution < 1.29 is 9.53 Å². The van der Waals surface area contributed by atoms with E-state index in [9.17, 15) is 9.59 Å². The molecule has 8 nitrogen and oxygen atoms in total. The van der Waals surface area contributed by atoms with Crippen LogP contribution in [0.5, 0.6) is 0 Å². The minimum absolute atomic E-state index is 0.127. The SMILES string of the molecule is CCCn1c(S[C@H](C)C(=O)Nc2ccc(N3CCOCC3)cc2)n[nH]c1=O. The Kier molecular flexibility index (Phi) is 6.57. The van der Waals surface area contributed by atoms with E-state index >= 15 is 0 Å². The van der Waals surface area contributed by atoms with Crippen molar-refractivity contribution in [2.24, 2.45) is 0 Å². The highest BCUT2D eigenvalue weighted by atomic mass is 32.2. The summed E-state index contributed by atoms with van der Waals surface area (Å²) in [5.41, 5.74) is 1.63. The summed E-state index contributed by atoms with van der Waals surface area (Å²) in [5, 5.41) is 9.54. The molecule has 1 amide bonds. The number of carbonyl (C=O) groups excluding carboxylic acids is 1. The fraction of sp³-hybridized carbons (Fsp3) is 0.500. The molecule has 1 saturated heterocycles. The van der Waals surface area contributed by atoms with Crippen LogP contribution in [0.1, 0.15) is 20.3 Å². The summed E-state index contributed by atoms with van der Waals surface area (Å²) in [6.45, 7) is 7.61. The first-order valence-corrected chi connectivity index (χ1v) is 10.0. The normalized spacial score (nSPS) is 15.6. The monoisotopic (exact) mass is 391 g/mol. The van der Waals surface area contributed by atoms with Gasteiger partial charge in [-0.25, -0.2) is 9.89 Å². The number of aromatic nitrogens is 3. The van der Waals surface area contributed by atoms with Gasteiger partial charge in [0.1, 0.15) is 0 Å². The number of rotatable bonds is 7. The molecule has 0 bridgehead atoms. The number of ether oxygens (including phenoxy) is 1. The lowest BCUT2D eigenvalue weighted by Gasteiger charge is -2.28. The number of morpholine rings is 1. The minimum Gasteiger partial charge on any atom is -0.378 e. The molecule has 0 unspecified atom stereocenters. The van der Waals surface area contributed by atoms with Crippen LogP contribution in [0.15, 0.2) is 34.2 Å². The molecule has 27 heavy (non-hydrogen) atoms. The lowest BCUT2D eigenvalue weighted by atomic mass is 10.2. The first-order chi connectivity index (χ1) is 13.1. The summed E-state index contributed by atoms with van der Waals surface area (Å²) in [7, 11) is 0. The van der Waals surface area contributed by atoms with E-state index in [1.165, 1.54) is 11.8 Å². The smallest absolute Gasteiger partial charge is 0.343 e. The quantitative estimate of drug-likeness (QED) is 0.701. The Morgan fingerprint density at radius 3 is 2.70 bits per heavy atom. The van der Waals surface area contributed by atoms with Crippen molar-refractivity contribution in [3.8, 4) is 0 Å². The molecule has 0 spiro atoms. The third-order valence-electron chi connectivity index (χ3n) is 4.33. The number of anilines is 2. The summed E-state index contributed by atoms with van der Waals surface area (Å²) in [5.74, 6) is -0.127. The summed E-state index contributed by atoms with van der Waals surface area (Å²) in [6, 6.07) is 7.82. The molecule has 2 aromatic rings. The van der Waals surface area contributed by atoms with E-state index in [-0.39, 0.29) is 16.8 Å². The van der Waals surface area contributed by atoms with Crippen molar-refractivity contribution in [2.75, 3.05) is 36.5 Å². The fourth-order valence-electron chi connectivity index (χ4n) is 2.85. The van der Waals surface area contributed by atoms with Crippen LogP contribution in [0.3, 0.4) is 0 Å². The van der Waals surface area contributed by atoms with Gasteiger partial charge in [-0.3, -0.25) is 9.36 Å². The molecule has 3 rings (SSSR count). The van der Waals surface area contributed by atoms with Gasteiger partial charge < -0.3 is 15.0 Å². The van der Waals surface area contributed by atoms with E-state index in [1.807, 2.05) is 31.2 Å². The Morgan fingerprint density at radius 2 is 2.04 bits per heavy atom. The maximum Gasteiger partial charge on any atom is 0.343 e. The second-order valence-electron chi connectivity index (χ2n) is 6.36. The van der Waals surface area contributed by atoms with E-state index in [2.05, 4.69) is 20.4 Å². The average Bonchev–Trinajstić information content (AvgIpc) is 3.03. The predicted octanol–water partition coefficient (Wildman–Crippen LogP) is 1.94. The highest BCUT2D eigenvalue weighted by Gasteiger charge is 2.19. The van der Waals surface area contributed by atoms with Crippen LogP contribution >= 0.6 is 11.8 Å². The Labute approximate surface area is 162 Å². The van der Waals surface area contributed by atoms with E-state index in [0.29, 0.717) is 11.7 Å². The Morgan fingerprint density at radius 1 is 1.33 bits per heavy atom. The van der Waals surface area contributed by atoms with Gasteiger partial charge in [0.25, 0.3) is 0 Å². The molecule has 2 N–H and O–H groups in total. The lowest BCUT2D eigenvalue weighted by molar-refractivity contribution is -0.115. The molecule has 0 aliphatic carbocycles. The van der Waals surface area contributed by atoms with Gasteiger partial charge in [0.2, 0.25) is 5.91 Å². The van der Waals surface area contributed by atoms with E-state index < -0.39 is 0 Å². The van der Waals surface area contributed by atoms with Crippen molar-refractivity contribution >= 4 is 29.0 Å². The molecule has 9 heteroatoms. The molecule has 1 aromatic carbocycles. The van der Waals surface area contributed by atoms with Crippen LogP contribution in [0, 0.1) is 0 Å². The lowest BCUT2D eigenvalue weighted by Crippen LogP contribution is -2.36. The van der Waals surface area contributed by atoms with Gasteiger partial charge in [0.05, 0.1) is 18.5 Å². The van der Waals surface area contributed by atoms with Crippen molar-refractivity contribution in [1.29, 1.82) is 0 Å². The molecular weight excluding hydrogens is 366 g/mol. The van der Waals surface area contributed by atoms with Gasteiger partial charge in [0, 0.05) is 31.0 Å². The Balaban J connectivity index is 1.58. The second-order valence-corrected chi connectivity index (χ2v) is 7.67. The molecular formula is C18H25N5O3S. The maximum absolute atomic E-state index is 12.5. The predicted molar refractivity (Wildman–Crippen MR) is 107 cm³/mol. The number of carbonyl (C=O) groups is 1. The number of nitrogens with zero attached hydrogens (tertiary/aromatic N) is 3. The summed E-state index contributed by atoms with van der Waals surface area (Å²) in [6.07, 6.45) is 0.822.